The van der Waals surface area contributed by atoms with Gasteiger partial charge in [0.2, 0.25) is 5.91 Å². The SMILES string of the molecule is CCOC(=O)[C@](NC(C)=O)(Nc1ccc(C)c(C)c1)C(F)(F)F. The molecule has 0 aliphatic rings. The molecule has 5 nitrogen and oxygen atoms in total. The molecular formula is C15H19F3N2O3. The number of rotatable bonds is 5. The van der Waals surface area contributed by atoms with Gasteiger partial charge in [0.1, 0.15) is 0 Å². The molecule has 23 heavy (non-hydrogen) atoms. The number of amides is 1. The summed E-state index contributed by atoms with van der Waals surface area (Å²) in [6.07, 6.45) is -5.11. The Bertz CT molecular complexity index is 602. The number of hydrogen-bond acceptors (Lipinski definition) is 4. The van der Waals surface area contributed by atoms with Gasteiger partial charge in [-0.3, -0.25) is 4.79 Å². The highest BCUT2D eigenvalue weighted by molar-refractivity contribution is 5.90. The van der Waals surface area contributed by atoms with Crippen molar-refractivity contribution in [1.82, 2.24) is 5.32 Å². The van der Waals surface area contributed by atoms with Crippen LogP contribution in [0.2, 0.25) is 0 Å². The molecule has 0 saturated heterocycles. The molecule has 1 aromatic rings. The van der Waals surface area contributed by atoms with E-state index in [-0.39, 0.29) is 12.3 Å². The zero-order valence-corrected chi connectivity index (χ0v) is 13.3. The minimum absolute atomic E-state index is 0.0345. The molecule has 1 atom stereocenters. The Hall–Kier alpha value is -2.25. The van der Waals surface area contributed by atoms with Gasteiger partial charge in [0, 0.05) is 12.6 Å². The summed E-state index contributed by atoms with van der Waals surface area (Å²) in [6, 6.07) is 4.46. The van der Waals surface area contributed by atoms with Crippen LogP contribution in [0.15, 0.2) is 18.2 Å². The molecule has 0 aliphatic heterocycles. The first-order valence-electron chi connectivity index (χ1n) is 6.91. The Balaban J connectivity index is 3.38. The average Bonchev–Trinajstić information content (AvgIpc) is 2.40. The lowest BCUT2D eigenvalue weighted by Crippen LogP contribution is -2.69. The number of benzene rings is 1. The highest BCUT2D eigenvalue weighted by Gasteiger charge is 2.63. The van der Waals surface area contributed by atoms with Gasteiger partial charge in [0.25, 0.3) is 0 Å². The molecule has 0 saturated carbocycles. The van der Waals surface area contributed by atoms with Gasteiger partial charge in [-0.15, -0.1) is 0 Å². The highest BCUT2D eigenvalue weighted by atomic mass is 19.4. The third-order valence-electron chi connectivity index (χ3n) is 3.21. The summed E-state index contributed by atoms with van der Waals surface area (Å²) in [5, 5.41) is 3.74. The Morgan fingerprint density at radius 1 is 1.17 bits per heavy atom. The second kappa shape index (κ2) is 6.89. The normalized spacial score (nSPS) is 13.9. The minimum atomic E-state index is -5.11. The number of esters is 1. The van der Waals surface area contributed by atoms with Crippen molar-refractivity contribution in [3.63, 3.8) is 0 Å². The average molecular weight is 332 g/mol. The fraction of sp³-hybridized carbons (Fsp3) is 0.467. The maximum atomic E-state index is 13.6. The first kappa shape index (κ1) is 18.8. The second-order valence-corrected chi connectivity index (χ2v) is 5.07. The minimum Gasteiger partial charge on any atom is -0.463 e. The maximum absolute atomic E-state index is 13.6. The molecule has 1 rings (SSSR count). The maximum Gasteiger partial charge on any atom is 0.441 e. The van der Waals surface area contributed by atoms with E-state index in [0.29, 0.717) is 0 Å². The van der Waals surface area contributed by atoms with Crippen molar-refractivity contribution < 1.29 is 27.5 Å². The molecule has 0 heterocycles. The number of nitrogens with one attached hydrogen (secondary N) is 2. The third-order valence-corrected chi connectivity index (χ3v) is 3.21. The molecule has 0 aliphatic carbocycles. The molecule has 1 aromatic carbocycles. The van der Waals surface area contributed by atoms with Gasteiger partial charge in [0.15, 0.2) is 0 Å². The summed E-state index contributed by atoms with van der Waals surface area (Å²) in [5.74, 6) is -2.65. The molecule has 0 fully saturated rings. The van der Waals surface area contributed by atoms with Gasteiger partial charge in [-0.05, 0) is 44.0 Å². The number of hydrogen-bond donors (Lipinski definition) is 2. The Morgan fingerprint density at radius 3 is 2.22 bits per heavy atom. The predicted octanol–water partition coefficient (Wildman–Crippen LogP) is 2.67. The van der Waals surface area contributed by atoms with Crippen molar-refractivity contribution in [3.05, 3.63) is 29.3 Å². The third kappa shape index (κ3) is 4.14. The first-order chi connectivity index (χ1) is 10.5. The van der Waals surface area contributed by atoms with E-state index in [2.05, 4.69) is 10.1 Å². The number of aryl methyl sites for hydroxylation is 2. The first-order valence-corrected chi connectivity index (χ1v) is 6.91. The largest absolute Gasteiger partial charge is 0.463 e. The monoisotopic (exact) mass is 332 g/mol. The van der Waals surface area contributed by atoms with E-state index in [0.717, 1.165) is 18.1 Å². The zero-order valence-electron chi connectivity index (χ0n) is 13.3. The van der Waals surface area contributed by atoms with E-state index in [1.54, 1.807) is 25.2 Å². The summed E-state index contributed by atoms with van der Waals surface area (Å²) in [6.45, 7) is 5.53. The molecule has 0 unspecified atom stereocenters. The van der Waals surface area contributed by atoms with Crippen molar-refractivity contribution in [2.75, 3.05) is 11.9 Å². The molecule has 128 valence electrons. The van der Waals surface area contributed by atoms with Crippen LogP contribution in [0.25, 0.3) is 0 Å². The Labute approximate surface area is 132 Å². The second-order valence-electron chi connectivity index (χ2n) is 5.07. The van der Waals surface area contributed by atoms with Crippen molar-refractivity contribution in [2.45, 2.75) is 39.5 Å². The Morgan fingerprint density at radius 2 is 1.78 bits per heavy atom. The predicted molar refractivity (Wildman–Crippen MR) is 78.8 cm³/mol. The van der Waals surface area contributed by atoms with Crippen molar-refractivity contribution >= 4 is 17.6 Å². The van der Waals surface area contributed by atoms with E-state index in [4.69, 9.17) is 0 Å². The molecule has 0 radical (unpaired) electrons. The summed E-state index contributed by atoms with van der Waals surface area (Å²) in [4.78, 5) is 23.3. The van der Waals surface area contributed by atoms with Crippen LogP contribution >= 0.6 is 0 Å². The van der Waals surface area contributed by atoms with Gasteiger partial charge in [-0.1, -0.05) is 6.07 Å². The van der Waals surface area contributed by atoms with Gasteiger partial charge in [-0.2, -0.15) is 13.2 Å². The van der Waals surface area contributed by atoms with Gasteiger partial charge < -0.3 is 15.4 Å². The van der Waals surface area contributed by atoms with Crippen molar-refractivity contribution in [3.8, 4) is 0 Å². The highest BCUT2D eigenvalue weighted by Crippen LogP contribution is 2.33. The lowest BCUT2D eigenvalue weighted by Gasteiger charge is -2.35. The number of anilines is 1. The fourth-order valence-electron chi connectivity index (χ4n) is 1.93. The summed E-state index contributed by atoms with van der Waals surface area (Å²) in [5.41, 5.74) is -1.70. The van der Waals surface area contributed by atoms with Crippen LogP contribution in [-0.2, 0) is 14.3 Å². The topological polar surface area (TPSA) is 67.4 Å². The molecule has 1 amide bonds. The number of carbonyl (C=O) groups is 2. The van der Waals surface area contributed by atoms with Gasteiger partial charge in [0.05, 0.1) is 6.61 Å². The fourth-order valence-corrected chi connectivity index (χ4v) is 1.93. The van der Waals surface area contributed by atoms with E-state index in [1.807, 2.05) is 0 Å². The summed E-state index contributed by atoms with van der Waals surface area (Å²) in [7, 11) is 0. The van der Waals surface area contributed by atoms with Crippen molar-refractivity contribution in [1.29, 1.82) is 0 Å². The van der Waals surface area contributed by atoms with E-state index >= 15 is 0 Å². The number of alkyl halides is 3. The molecule has 0 bridgehead atoms. The van der Waals surface area contributed by atoms with Gasteiger partial charge >= 0.3 is 17.8 Å². The summed E-state index contributed by atoms with van der Waals surface area (Å²) >= 11 is 0. The van der Waals surface area contributed by atoms with Crippen LogP contribution in [0, 0.1) is 13.8 Å². The molecule has 2 N–H and O–H groups in total. The van der Waals surface area contributed by atoms with Crippen LogP contribution in [0.5, 0.6) is 0 Å². The van der Waals surface area contributed by atoms with Crippen LogP contribution in [0.4, 0.5) is 18.9 Å². The lowest BCUT2D eigenvalue weighted by molar-refractivity contribution is -0.207. The number of halogens is 3. The Kier molecular flexibility index (Phi) is 5.63. The number of ether oxygens (including phenoxy) is 1. The summed E-state index contributed by atoms with van der Waals surface area (Å²) < 4.78 is 45.3. The van der Waals surface area contributed by atoms with Crippen LogP contribution in [0.1, 0.15) is 25.0 Å². The smallest absolute Gasteiger partial charge is 0.441 e. The van der Waals surface area contributed by atoms with Crippen molar-refractivity contribution in [2.24, 2.45) is 0 Å². The molecular weight excluding hydrogens is 313 g/mol. The molecule has 0 spiro atoms. The standard InChI is InChI=1S/C15H19F3N2O3/c1-5-23-13(22)14(15(16,17)18,19-11(4)21)20-12-7-6-9(2)10(3)8-12/h6-8,20H,5H2,1-4H3,(H,19,21)/t14-/m0/s1. The number of carbonyl (C=O) groups excluding carboxylic acids is 2. The zero-order chi connectivity index (χ0) is 17.8. The quantitative estimate of drug-likeness (QED) is 0.643. The van der Waals surface area contributed by atoms with Gasteiger partial charge in [-0.25, -0.2) is 4.79 Å². The lowest BCUT2D eigenvalue weighted by atomic mass is 10.1. The molecule has 0 aromatic heterocycles. The van der Waals surface area contributed by atoms with E-state index in [9.17, 15) is 22.8 Å². The van der Waals surface area contributed by atoms with E-state index < -0.39 is 23.7 Å². The molecule has 8 heteroatoms. The van der Waals surface area contributed by atoms with Crippen LogP contribution in [0.3, 0.4) is 0 Å². The van der Waals surface area contributed by atoms with Crippen LogP contribution in [-0.4, -0.2) is 30.3 Å². The van der Waals surface area contributed by atoms with E-state index in [1.165, 1.54) is 19.1 Å². The van der Waals surface area contributed by atoms with Crippen LogP contribution < -0.4 is 10.6 Å².